The van der Waals surface area contributed by atoms with E-state index in [2.05, 4.69) is 10.6 Å². The molecule has 0 saturated heterocycles. The molecule has 0 bridgehead atoms. The summed E-state index contributed by atoms with van der Waals surface area (Å²) < 4.78 is 11.1. The lowest BCUT2D eigenvalue weighted by Gasteiger charge is -2.09. The summed E-state index contributed by atoms with van der Waals surface area (Å²) in [5.74, 6) is 1.27. The first-order valence-corrected chi connectivity index (χ1v) is 7.59. The predicted molar refractivity (Wildman–Crippen MR) is 89.6 cm³/mol. The molecule has 0 aliphatic rings. The van der Waals surface area contributed by atoms with Crippen molar-refractivity contribution in [2.75, 3.05) is 26.7 Å². The topological polar surface area (TPSA) is 59.6 Å². The van der Waals surface area contributed by atoms with Gasteiger partial charge >= 0.3 is 0 Å². The van der Waals surface area contributed by atoms with Crippen LogP contribution in [-0.4, -0.2) is 32.7 Å². The van der Waals surface area contributed by atoms with Gasteiger partial charge in [-0.05, 0) is 36.9 Å². The summed E-state index contributed by atoms with van der Waals surface area (Å²) in [4.78, 5) is 11.5. The number of amides is 1. The normalized spacial score (nSPS) is 10.1. The predicted octanol–water partition coefficient (Wildman–Crippen LogP) is 1.98. The summed E-state index contributed by atoms with van der Waals surface area (Å²) in [7, 11) is 1.84. The van der Waals surface area contributed by atoms with E-state index in [9.17, 15) is 4.79 Å². The number of carbonyl (C=O) groups excluding carboxylic acids is 1. The molecule has 0 saturated carbocycles. The number of carbonyl (C=O) groups is 1. The summed E-state index contributed by atoms with van der Waals surface area (Å²) in [5, 5.41) is 5.71. The van der Waals surface area contributed by atoms with E-state index >= 15 is 0 Å². The molecule has 0 unspecified atom stereocenters. The number of ether oxygens (including phenoxy) is 2. The molecule has 0 aliphatic heterocycles. The summed E-state index contributed by atoms with van der Waals surface area (Å²) in [5.41, 5.74) is 1.12. The Hall–Kier alpha value is -2.53. The third-order valence-corrected chi connectivity index (χ3v) is 3.14. The van der Waals surface area contributed by atoms with Gasteiger partial charge in [-0.3, -0.25) is 4.79 Å². The van der Waals surface area contributed by atoms with E-state index in [0.29, 0.717) is 18.9 Å². The molecule has 2 N–H and O–H groups in total. The Labute approximate surface area is 136 Å². The fourth-order valence-electron chi connectivity index (χ4n) is 1.90. The van der Waals surface area contributed by atoms with Gasteiger partial charge in [0.05, 0.1) is 0 Å². The Morgan fingerprint density at radius 2 is 1.57 bits per heavy atom. The van der Waals surface area contributed by atoms with E-state index in [1.54, 1.807) is 12.1 Å². The second-order valence-electron chi connectivity index (χ2n) is 4.99. The minimum absolute atomic E-state index is 0.00787. The van der Waals surface area contributed by atoms with Crippen molar-refractivity contribution in [3.05, 3.63) is 60.2 Å². The van der Waals surface area contributed by atoms with Crippen LogP contribution in [0.3, 0.4) is 0 Å². The van der Waals surface area contributed by atoms with Crippen LogP contribution in [0, 0.1) is 0 Å². The average molecular weight is 314 g/mol. The zero-order valence-electron chi connectivity index (χ0n) is 13.2. The van der Waals surface area contributed by atoms with Crippen molar-refractivity contribution in [1.29, 1.82) is 0 Å². The van der Waals surface area contributed by atoms with Crippen molar-refractivity contribution in [1.82, 2.24) is 10.6 Å². The van der Waals surface area contributed by atoms with Crippen LogP contribution in [0.25, 0.3) is 0 Å². The number of hydrogen-bond acceptors (Lipinski definition) is 4. The second kappa shape index (κ2) is 9.48. The Balaban J connectivity index is 1.72. The van der Waals surface area contributed by atoms with Crippen molar-refractivity contribution < 1.29 is 14.3 Å². The standard InChI is InChI=1S/C18H22N2O3/c1-19-11-12-20-18(21)14-23-17-9-7-16(8-10-17)22-13-15-5-3-2-4-6-15/h2-10,19H,11-14H2,1H3,(H,20,21). The molecule has 23 heavy (non-hydrogen) atoms. The number of benzene rings is 2. The van der Waals surface area contributed by atoms with Crippen LogP contribution < -0.4 is 20.1 Å². The van der Waals surface area contributed by atoms with Crippen molar-refractivity contribution in [2.24, 2.45) is 0 Å². The molecule has 2 aromatic rings. The third kappa shape index (κ3) is 6.40. The quantitative estimate of drug-likeness (QED) is 0.695. The largest absolute Gasteiger partial charge is 0.489 e. The number of nitrogens with one attached hydrogen (secondary N) is 2. The van der Waals surface area contributed by atoms with Gasteiger partial charge in [0, 0.05) is 13.1 Å². The number of likely N-dealkylation sites (N-methyl/N-ethyl adjacent to an activating group) is 1. The van der Waals surface area contributed by atoms with E-state index in [4.69, 9.17) is 9.47 Å². The maximum Gasteiger partial charge on any atom is 0.257 e. The second-order valence-corrected chi connectivity index (χ2v) is 4.99. The number of rotatable bonds is 9. The highest BCUT2D eigenvalue weighted by atomic mass is 16.5. The fraction of sp³-hybridized carbons (Fsp3) is 0.278. The smallest absolute Gasteiger partial charge is 0.257 e. The van der Waals surface area contributed by atoms with E-state index in [0.717, 1.165) is 17.9 Å². The van der Waals surface area contributed by atoms with Crippen LogP contribution >= 0.6 is 0 Å². The van der Waals surface area contributed by atoms with Gasteiger partial charge in [0.1, 0.15) is 18.1 Å². The molecule has 2 aromatic carbocycles. The molecule has 0 aliphatic carbocycles. The van der Waals surface area contributed by atoms with E-state index in [-0.39, 0.29) is 12.5 Å². The molecule has 0 fully saturated rings. The highest BCUT2D eigenvalue weighted by Crippen LogP contribution is 2.18. The maximum absolute atomic E-state index is 11.5. The molecule has 2 rings (SSSR count). The summed E-state index contributed by atoms with van der Waals surface area (Å²) in [6.45, 7) is 1.85. The molecule has 0 aromatic heterocycles. The van der Waals surface area contributed by atoms with Crippen molar-refractivity contribution >= 4 is 5.91 Å². The lowest BCUT2D eigenvalue weighted by molar-refractivity contribution is -0.123. The average Bonchev–Trinajstić information content (AvgIpc) is 2.60. The minimum atomic E-state index is -0.135. The van der Waals surface area contributed by atoms with Gasteiger partial charge < -0.3 is 20.1 Å². The Morgan fingerprint density at radius 1 is 0.913 bits per heavy atom. The van der Waals surface area contributed by atoms with E-state index in [1.165, 1.54) is 0 Å². The monoisotopic (exact) mass is 314 g/mol. The lowest BCUT2D eigenvalue weighted by Crippen LogP contribution is -2.33. The van der Waals surface area contributed by atoms with Crippen LogP contribution in [0.5, 0.6) is 11.5 Å². The van der Waals surface area contributed by atoms with Gasteiger partial charge in [0.15, 0.2) is 6.61 Å². The van der Waals surface area contributed by atoms with Crippen LogP contribution in [0.1, 0.15) is 5.56 Å². The van der Waals surface area contributed by atoms with Gasteiger partial charge in [-0.25, -0.2) is 0 Å². The summed E-state index contributed by atoms with van der Waals surface area (Å²) in [6, 6.07) is 17.2. The highest BCUT2D eigenvalue weighted by molar-refractivity contribution is 5.77. The van der Waals surface area contributed by atoms with Gasteiger partial charge in [-0.1, -0.05) is 30.3 Å². The highest BCUT2D eigenvalue weighted by Gasteiger charge is 2.02. The van der Waals surface area contributed by atoms with Crippen molar-refractivity contribution in [2.45, 2.75) is 6.61 Å². The molecule has 5 heteroatoms. The maximum atomic E-state index is 11.5. The molecule has 0 heterocycles. The SMILES string of the molecule is CNCCNC(=O)COc1ccc(OCc2ccccc2)cc1. The third-order valence-electron chi connectivity index (χ3n) is 3.14. The first-order chi connectivity index (χ1) is 11.3. The zero-order valence-corrected chi connectivity index (χ0v) is 13.2. The van der Waals surface area contributed by atoms with Crippen molar-refractivity contribution in [3.63, 3.8) is 0 Å². The van der Waals surface area contributed by atoms with E-state index in [1.807, 2.05) is 49.5 Å². The lowest BCUT2D eigenvalue weighted by atomic mass is 10.2. The molecule has 5 nitrogen and oxygen atoms in total. The molecule has 122 valence electrons. The van der Waals surface area contributed by atoms with Crippen LogP contribution in [0.2, 0.25) is 0 Å². The fourth-order valence-corrected chi connectivity index (χ4v) is 1.90. The first kappa shape index (κ1) is 16.8. The first-order valence-electron chi connectivity index (χ1n) is 7.59. The van der Waals surface area contributed by atoms with Gasteiger partial charge in [-0.2, -0.15) is 0 Å². The van der Waals surface area contributed by atoms with Gasteiger partial charge in [0.25, 0.3) is 5.91 Å². The van der Waals surface area contributed by atoms with Gasteiger partial charge in [-0.15, -0.1) is 0 Å². The summed E-state index contributed by atoms with van der Waals surface area (Å²) >= 11 is 0. The Morgan fingerprint density at radius 3 is 2.22 bits per heavy atom. The molecule has 1 amide bonds. The molecule has 0 radical (unpaired) electrons. The molecular weight excluding hydrogens is 292 g/mol. The summed E-state index contributed by atoms with van der Waals surface area (Å²) in [6.07, 6.45) is 0. The molecule has 0 spiro atoms. The molecule has 0 atom stereocenters. The van der Waals surface area contributed by atoms with Gasteiger partial charge in [0.2, 0.25) is 0 Å². The van der Waals surface area contributed by atoms with Crippen molar-refractivity contribution in [3.8, 4) is 11.5 Å². The molecular formula is C18H22N2O3. The minimum Gasteiger partial charge on any atom is -0.489 e. The van der Waals surface area contributed by atoms with Crippen LogP contribution in [0.4, 0.5) is 0 Å². The van der Waals surface area contributed by atoms with Crippen LogP contribution in [-0.2, 0) is 11.4 Å². The Kier molecular flexibility index (Phi) is 6.94. The van der Waals surface area contributed by atoms with E-state index < -0.39 is 0 Å². The number of hydrogen-bond donors (Lipinski definition) is 2. The zero-order chi connectivity index (χ0) is 16.3. The van der Waals surface area contributed by atoms with Crippen LogP contribution in [0.15, 0.2) is 54.6 Å². The Bertz CT molecular complexity index is 585.